The van der Waals surface area contributed by atoms with E-state index in [1.54, 1.807) is 24.6 Å². The molecule has 0 saturated heterocycles. The largest absolute Gasteiger partial charge is 0.470 e. The highest BCUT2D eigenvalue weighted by molar-refractivity contribution is 7.10. The Morgan fingerprint density at radius 3 is 1.85 bits per heavy atom. The summed E-state index contributed by atoms with van der Waals surface area (Å²) in [5.74, 6) is -1.24. The molecule has 9 atom stereocenters. The number of aromatic nitrogens is 2. The number of carbonyl (C=O) groups is 4. The lowest BCUT2D eigenvalue weighted by Crippen LogP contribution is -2.53. The first-order valence-corrected chi connectivity index (χ1v) is 20.2. The van der Waals surface area contributed by atoms with Gasteiger partial charge in [0.2, 0.25) is 35.4 Å². The molecule has 0 fully saturated rings. The van der Waals surface area contributed by atoms with Crippen molar-refractivity contribution in [1.82, 2.24) is 31.2 Å². The number of hydrogen-bond acceptors (Lipinski definition) is 12. The third-order valence-electron chi connectivity index (χ3n) is 9.78. The minimum atomic E-state index is -0.910. The van der Waals surface area contributed by atoms with Crippen LogP contribution in [0.25, 0.3) is 0 Å². The van der Waals surface area contributed by atoms with Crippen molar-refractivity contribution in [2.75, 3.05) is 0 Å². The summed E-state index contributed by atoms with van der Waals surface area (Å²) in [6.07, 6.45) is 0.244. The van der Waals surface area contributed by atoms with E-state index in [1.807, 2.05) is 65.0 Å². The van der Waals surface area contributed by atoms with Gasteiger partial charge in [-0.1, -0.05) is 64.4 Å². The van der Waals surface area contributed by atoms with E-state index in [0.29, 0.717) is 40.7 Å². The Morgan fingerprint density at radius 2 is 1.26 bits per heavy atom. The third kappa shape index (κ3) is 8.81. The van der Waals surface area contributed by atoms with E-state index in [2.05, 4.69) is 36.2 Å². The molecule has 0 aliphatic carbocycles. The second-order valence-corrected chi connectivity index (χ2v) is 16.4. The van der Waals surface area contributed by atoms with Gasteiger partial charge in [-0.15, -0.1) is 22.7 Å². The molecule has 5 heterocycles. The number of nitrogens with one attached hydrogen (secondary N) is 4. The molecular weight excluding hydrogens is 729 g/mol. The molecule has 288 valence electrons. The van der Waals surface area contributed by atoms with Crippen LogP contribution in [0.5, 0.6) is 0 Å². The van der Waals surface area contributed by atoms with Crippen molar-refractivity contribution in [3.05, 3.63) is 68.1 Å². The zero-order valence-corrected chi connectivity index (χ0v) is 33.1. The second-order valence-electron chi connectivity index (χ2n) is 14.6. The van der Waals surface area contributed by atoms with Gasteiger partial charge >= 0.3 is 0 Å². The number of amides is 4. The van der Waals surface area contributed by atoms with Crippen molar-refractivity contribution in [3.63, 3.8) is 0 Å². The Morgan fingerprint density at radius 1 is 0.704 bits per heavy atom. The predicted molar refractivity (Wildman–Crippen MR) is 206 cm³/mol. The van der Waals surface area contributed by atoms with E-state index < -0.39 is 60.3 Å². The summed E-state index contributed by atoms with van der Waals surface area (Å²) in [5, 5.41) is 16.8. The fourth-order valence-electron chi connectivity index (χ4n) is 6.52. The fourth-order valence-corrected chi connectivity index (χ4v) is 8.16. The number of nitrogens with zero attached hydrogens (tertiary/aromatic N) is 4. The average Bonchev–Trinajstić information content (AvgIpc) is 3.96. The molecule has 54 heavy (non-hydrogen) atoms. The topological polar surface area (TPSA) is 185 Å². The molecule has 4 amide bonds. The predicted octanol–water partition coefficient (Wildman–Crippen LogP) is 4.02. The number of hydrogen-bond donors (Lipinski definition) is 4. The number of thiazole rings is 2. The van der Waals surface area contributed by atoms with E-state index in [9.17, 15) is 19.2 Å². The van der Waals surface area contributed by atoms with Gasteiger partial charge in [-0.2, -0.15) is 0 Å². The zero-order valence-electron chi connectivity index (χ0n) is 31.5. The highest BCUT2D eigenvalue weighted by atomic mass is 32.1. The normalized spacial score (nSPS) is 28.4. The van der Waals surface area contributed by atoms with E-state index in [-0.39, 0.29) is 35.4 Å². The Labute approximate surface area is 323 Å². The lowest BCUT2D eigenvalue weighted by Gasteiger charge is -2.26. The Balaban J connectivity index is 1.37. The quantitative estimate of drug-likeness (QED) is 0.289. The fraction of sp³-hybridized carbons (Fsp3) is 0.526. The molecule has 0 radical (unpaired) electrons. The summed E-state index contributed by atoms with van der Waals surface area (Å²) in [4.78, 5) is 74.1. The number of rotatable bonds is 6. The van der Waals surface area contributed by atoms with Crippen LogP contribution in [-0.2, 0) is 35.1 Å². The lowest BCUT2D eigenvalue weighted by molar-refractivity contribution is -0.131. The van der Waals surface area contributed by atoms with Crippen molar-refractivity contribution in [2.24, 2.45) is 21.8 Å². The highest BCUT2D eigenvalue weighted by Gasteiger charge is 2.40. The van der Waals surface area contributed by atoms with Crippen LogP contribution in [0.1, 0.15) is 100 Å². The molecule has 6 rings (SSSR count). The maximum atomic E-state index is 14.1. The van der Waals surface area contributed by atoms with E-state index in [1.165, 1.54) is 22.7 Å². The molecule has 3 aliphatic heterocycles. The Hall–Kier alpha value is -4.70. The molecule has 3 aliphatic rings. The van der Waals surface area contributed by atoms with Crippen LogP contribution in [0.4, 0.5) is 0 Å². The van der Waals surface area contributed by atoms with Gasteiger partial charge in [0.15, 0.2) is 12.1 Å². The van der Waals surface area contributed by atoms with Crippen molar-refractivity contribution < 1.29 is 28.7 Å². The van der Waals surface area contributed by atoms with E-state index in [4.69, 9.17) is 14.5 Å². The molecule has 14 nitrogen and oxygen atoms in total. The number of aliphatic imine (C=N–C) groups is 2. The molecule has 16 heteroatoms. The van der Waals surface area contributed by atoms with Crippen LogP contribution in [-0.4, -0.2) is 81.8 Å². The zero-order chi connectivity index (χ0) is 38.7. The van der Waals surface area contributed by atoms with Crippen LogP contribution in [0, 0.1) is 11.8 Å². The number of fused-ring (bicyclic) bond motifs is 8. The van der Waals surface area contributed by atoms with Gasteiger partial charge in [0, 0.05) is 10.8 Å². The van der Waals surface area contributed by atoms with E-state index in [0.717, 1.165) is 5.56 Å². The first-order valence-electron chi connectivity index (χ1n) is 18.5. The summed E-state index contributed by atoms with van der Waals surface area (Å²) in [7, 11) is 0. The first-order chi connectivity index (χ1) is 25.8. The molecule has 3 unspecified atom stereocenters. The smallest absolute Gasteiger partial charge is 0.249 e. The molecule has 4 N–H and O–H groups in total. The summed E-state index contributed by atoms with van der Waals surface area (Å²) in [6.45, 7) is 13.2. The van der Waals surface area contributed by atoms with Gasteiger partial charge in [0.25, 0.3) is 0 Å². The summed E-state index contributed by atoms with van der Waals surface area (Å²) < 4.78 is 12.1. The molecule has 8 bridgehead atoms. The van der Waals surface area contributed by atoms with Crippen LogP contribution >= 0.6 is 22.7 Å². The third-order valence-corrected chi connectivity index (χ3v) is 11.8. The summed E-state index contributed by atoms with van der Waals surface area (Å²) in [6, 6.07) is 5.18. The number of ether oxygens (including phenoxy) is 2. The van der Waals surface area contributed by atoms with Crippen molar-refractivity contribution in [3.8, 4) is 0 Å². The molecular formula is C38H48N8O6S2. The van der Waals surface area contributed by atoms with Gasteiger partial charge in [0.1, 0.15) is 45.7 Å². The standard InChI is InChI=1S/C38H48N8O6S2/c1-8-19(4)28-32(48)39-20(5)37-42-26(16-53-37)35-45-29(21(6)51-35)33(49)40-24(14-18(2)3)31(47)41-25(15-23-12-10-9-11-13-23)38-43-27(17-54-38)36-46-30(22(7)52-36)34(50)44-28/h9-13,16-22,24-25,28-30H,8,14-15H2,1-7H3,(H,39,48)(H,40,49)(H,41,47)(H,44,50)/t19?,20?,21-,22-,24+,25?,28+,29+,30+/m1/s1. The second kappa shape index (κ2) is 16.8. The highest BCUT2D eigenvalue weighted by Crippen LogP contribution is 2.28. The van der Waals surface area contributed by atoms with Crippen LogP contribution in [0.2, 0.25) is 0 Å². The molecule has 0 spiro atoms. The molecule has 3 aromatic rings. The Kier molecular flexibility index (Phi) is 12.1. The Bertz CT molecular complexity index is 1910. The van der Waals surface area contributed by atoms with E-state index >= 15 is 0 Å². The van der Waals surface area contributed by atoms with Gasteiger partial charge < -0.3 is 30.7 Å². The SMILES string of the molecule is CCC(C)[C@@H]1NC(=O)[C@H]2N=C(O[C@@H]2C)c2csc(n2)C(Cc2ccccc2)NC(=O)[C@H](CC(C)C)NC(=O)[C@H]2N=C(O[C@@H]2C)c2csc(n2)C(C)NC1=O. The molecule has 0 saturated carbocycles. The molecule has 2 aromatic heterocycles. The minimum Gasteiger partial charge on any atom is -0.470 e. The monoisotopic (exact) mass is 776 g/mol. The minimum absolute atomic E-state index is 0.0873. The van der Waals surface area contributed by atoms with Crippen molar-refractivity contribution in [2.45, 2.75) is 116 Å². The van der Waals surface area contributed by atoms with Crippen molar-refractivity contribution in [1.29, 1.82) is 0 Å². The average molecular weight is 777 g/mol. The number of carbonyl (C=O) groups excluding carboxylic acids is 4. The van der Waals surface area contributed by atoms with Gasteiger partial charge in [0.05, 0.1) is 12.1 Å². The van der Waals surface area contributed by atoms with Gasteiger partial charge in [-0.3, -0.25) is 19.2 Å². The maximum Gasteiger partial charge on any atom is 0.249 e. The molecule has 1 aromatic carbocycles. The lowest BCUT2D eigenvalue weighted by atomic mass is 9.97. The van der Waals surface area contributed by atoms with Crippen molar-refractivity contribution >= 4 is 58.1 Å². The van der Waals surface area contributed by atoms with Crippen LogP contribution < -0.4 is 21.3 Å². The number of benzene rings is 1. The first kappa shape index (κ1) is 39.0. The maximum absolute atomic E-state index is 14.1. The van der Waals surface area contributed by atoms with Crippen LogP contribution in [0.15, 0.2) is 51.1 Å². The summed E-state index contributed by atoms with van der Waals surface area (Å²) >= 11 is 2.66. The van der Waals surface area contributed by atoms with Gasteiger partial charge in [-0.05, 0) is 51.0 Å². The summed E-state index contributed by atoms with van der Waals surface area (Å²) in [5.41, 5.74) is 1.85. The van der Waals surface area contributed by atoms with Crippen LogP contribution in [0.3, 0.4) is 0 Å². The van der Waals surface area contributed by atoms with Gasteiger partial charge in [-0.25, -0.2) is 20.0 Å².